The lowest BCUT2D eigenvalue weighted by molar-refractivity contribution is -0.141. The fraction of sp³-hybridized carbons (Fsp3) is 0.676. The van der Waals surface area contributed by atoms with Crippen LogP contribution in [-0.4, -0.2) is 89.6 Å². The molecule has 0 radical (unpaired) electrons. The third-order valence-corrected chi connectivity index (χ3v) is 9.02. The van der Waals surface area contributed by atoms with Gasteiger partial charge in [-0.25, -0.2) is 4.79 Å². The summed E-state index contributed by atoms with van der Waals surface area (Å²) in [5, 5.41) is 17.3. The van der Waals surface area contributed by atoms with E-state index in [0.29, 0.717) is 25.7 Å². The van der Waals surface area contributed by atoms with E-state index in [0.717, 1.165) is 48.8 Å². The number of phenols is 1. The van der Waals surface area contributed by atoms with Gasteiger partial charge in [0.25, 0.3) is 5.91 Å². The molecule has 1 aliphatic rings. The van der Waals surface area contributed by atoms with Crippen LogP contribution in [-0.2, 0) is 39.9 Å². The summed E-state index contributed by atoms with van der Waals surface area (Å²) in [5.74, 6) is -2.46. The molecular formula is C37H59N5O9. The highest BCUT2D eigenvalue weighted by molar-refractivity contribution is 5.98. The Bertz CT molecular complexity index is 1350. The number of aryl methyl sites for hydroxylation is 2. The summed E-state index contributed by atoms with van der Waals surface area (Å²) in [6.07, 6.45) is 6.25. The second-order valence-electron chi connectivity index (χ2n) is 14.5. The van der Waals surface area contributed by atoms with Crippen LogP contribution in [0.3, 0.4) is 0 Å². The van der Waals surface area contributed by atoms with Gasteiger partial charge in [-0.3, -0.25) is 29.3 Å². The monoisotopic (exact) mass is 717 g/mol. The predicted octanol–water partition coefficient (Wildman–Crippen LogP) is 3.45. The Hall–Kier alpha value is -4.20. The first-order valence-electron chi connectivity index (χ1n) is 17.9. The van der Waals surface area contributed by atoms with Gasteiger partial charge in [0.15, 0.2) is 0 Å². The Morgan fingerprint density at radius 3 is 2.18 bits per heavy atom. The molecule has 1 aliphatic carbocycles. The van der Waals surface area contributed by atoms with E-state index >= 15 is 0 Å². The van der Waals surface area contributed by atoms with Gasteiger partial charge in [0.05, 0.1) is 19.7 Å². The predicted molar refractivity (Wildman–Crippen MR) is 191 cm³/mol. The number of ether oxygens (including phenoxy) is 2. The highest BCUT2D eigenvalue weighted by atomic mass is 16.6. The normalized spacial score (nSPS) is 15.1. The van der Waals surface area contributed by atoms with E-state index in [1.807, 2.05) is 13.8 Å². The number of amides is 5. The number of hydrogen-bond acceptors (Lipinski definition) is 10. The number of alkyl carbamates (subject to hydrolysis) is 1. The summed E-state index contributed by atoms with van der Waals surface area (Å²) in [4.78, 5) is 79.1. The van der Waals surface area contributed by atoms with Crippen LogP contribution in [0.2, 0.25) is 0 Å². The fourth-order valence-electron chi connectivity index (χ4n) is 6.30. The maximum Gasteiger partial charge on any atom is 0.414 e. The number of unbranched alkanes of at least 4 members (excludes halogenated alkanes) is 2. The maximum absolute atomic E-state index is 13.8. The first-order valence-corrected chi connectivity index (χ1v) is 17.9. The number of hydrogen-bond donors (Lipinski definition) is 5. The van der Waals surface area contributed by atoms with Crippen molar-refractivity contribution in [1.29, 1.82) is 0 Å². The second kappa shape index (κ2) is 20.6. The zero-order chi connectivity index (χ0) is 38.3. The van der Waals surface area contributed by atoms with E-state index in [1.54, 1.807) is 32.9 Å². The minimum atomic E-state index is -1.03. The Morgan fingerprint density at radius 2 is 1.59 bits per heavy atom. The summed E-state index contributed by atoms with van der Waals surface area (Å²) in [6.45, 7) is 9.82. The number of aromatic hydroxyl groups is 1. The van der Waals surface area contributed by atoms with Crippen LogP contribution in [0.1, 0.15) is 109 Å². The number of imide groups is 1. The lowest BCUT2D eigenvalue weighted by Gasteiger charge is -2.34. The van der Waals surface area contributed by atoms with Gasteiger partial charge in [-0.05, 0) is 102 Å². The number of rotatable bonds is 17. The molecule has 6 N–H and O–H groups in total. The zero-order valence-electron chi connectivity index (χ0n) is 31.4. The van der Waals surface area contributed by atoms with Crippen LogP contribution in [0.5, 0.6) is 5.75 Å². The van der Waals surface area contributed by atoms with E-state index in [1.165, 1.54) is 18.9 Å². The molecule has 0 bridgehead atoms. The molecule has 1 fully saturated rings. The summed E-state index contributed by atoms with van der Waals surface area (Å²) >= 11 is 0. The molecule has 0 aromatic heterocycles. The number of nitrogens with two attached hydrogens (primary N) is 1. The minimum absolute atomic E-state index is 0.118. The zero-order valence-corrected chi connectivity index (χ0v) is 31.4. The molecule has 51 heavy (non-hydrogen) atoms. The summed E-state index contributed by atoms with van der Waals surface area (Å²) in [6, 6.07) is 0.174. The van der Waals surface area contributed by atoms with E-state index in [2.05, 4.69) is 16.0 Å². The van der Waals surface area contributed by atoms with Gasteiger partial charge >= 0.3 is 12.1 Å². The number of benzene rings is 1. The molecule has 0 unspecified atom stereocenters. The summed E-state index contributed by atoms with van der Waals surface area (Å²) < 4.78 is 10.0. The van der Waals surface area contributed by atoms with E-state index in [-0.39, 0.29) is 37.0 Å². The van der Waals surface area contributed by atoms with Crippen molar-refractivity contribution in [3.05, 3.63) is 28.8 Å². The van der Waals surface area contributed by atoms with E-state index < -0.39 is 60.0 Å². The third kappa shape index (κ3) is 15.3. The van der Waals surface area contributed by atoms with Crippen molar-refractivity contribution < 1.29 is 43.3 Å². The van der Waals surface area contributed by atoms with Gasteiger partial charge in [-0.15, -0.1) is 0 Å². The van der Waals surface area contributed by atoms with Gasteiger partial charge in [0.1, 0.15) is 23.4 Å². The molecule has 0 aliphatic heterocycles. The highest BCUT2D eigenvalue weighted by Crippen LogP contribution is 2.29. The van der Waals surface area contributed by atoms with Gasteiger partial charge in [-0.1, -0.05) is 38.5 Å². The Morgan fingerprint density at radius 1 is 0.961 bits per heavy atom. The maximum atomic E-state index is 13.8. The van der Waals surface area contributed by atoms with E-state index in [9.17, 15) is 33.9 Å². The fourth-order valence-corrected chi connectivity index (χ4v) is 6.30. The second-order valence-corrected chi connectivity index (χ2v) is 14.5. The molecule has 286 valence electrons. The molecule has 2 rings (SSSR count). The van der Waals surface area contributed by atoms with Crippen LogP contribution < -0.4 is 21.7 Å². The molecule has 1 aromatic rings. The van der Waals surface area contributed by atoms with E-state index in [4.69, 9.17) is 15.2 Å². The van der Waals surface area contributed by atoms with Gasteiger partial charge in [0.2, 0.25) is 17.7 Å². The summed E-state index contributed by atoms with van der Waals surface area (Å²) in [7, 11) is 1.32. The molecule has 14 nitrogen and oxygen atoms in total. The molecule has 14 heteroatoms. The molecule has 5 amide bonds. The third-order valence-electron chi connectivity index (χ3n) is 9.02. The van der Waals surface area contributed by atoms with Crippen molar-refractivity contribution in [2.45, 2.75) is 136 Å². The van der Waals surface area contributed by atoms with Crippen LogP contribution in [0.15, 0.2) is 12.1 Å². The average molecular weight is 718 g/mol. The molecule has 1 aromatic carbocycles. The molecule has 0 heterocycles. The molecular weight excluding hydrogens is 658 g/mol. The smallest absolute Gasteiger partial charge is 0.414 e. The van der Waals surface area contributed by atoms with Crippen LogP contribution in [0, 0.1) is 19.8 Å². The molecule has 0 saturated heterocycles. The number of carbonyl (C=O) groups is 6. The lowest BCUT2D eigenvalue weighted by atomic mass is 9.84. The average Bonchev–Trinajstić information content (AvgIpc) is 3.04. The standard InChI is InChI=1S/C37H59N5O9/c1-23-18-27(43)19-24(2)28(23)21-29(38)34(47)40-25(3)33(46)39-22-31(44)42(17-13-9-12-16-32(45)50-7)30(20-26-14-10-8-11-15-26)35(48)41-36(49)51-37(4,5)6/h18-19,25-26,29-30,43H,8-17,20-22,38H2,1-7H3,(H,39,46)(H,40,47)(H,41,48,49)/t25-,29+,30+/m1/s1. The van der Waals surface area contributed by atoms with Gasteiger partial charge < -0.3 is 35.8 Å². The first kappa shape index (κ1) is 43.0. The van der Waals surface area contributed by atoms with Gasteiger partial charge in [-0.2, -0.15) is 0 Å². The minimum Gasteiger partial charge on any atom is -0.508 e. The van der Waals surface area contributed by atoms with Crippen LogP contribution >= 0.6 is 0 Å². The van der Waals surface area contributed by atoms with Crippen molar-refractivity contribution in [2.75, 3.05) is 20.2 Å². The molecule has 3 atom stereocenters. The van der Waals surface area contributed by atoms with Crippen molar-refractivity contribution in [2.24, 2.45) is 11.7 Å². The van der Waals surface area contributed by atoms with Crippen LogP contribution in [0.25, 0.3) is 0 Å². The van der Waals surface area contributed by atoms with Crippen molar-refractivity contribution in [1.82, 2.24) is 20.9 Å². The number of carbonyl (C=O) groups excluding carboxylic acids is 6. The molecule has 0 spiro atoms. The Balaban J connectivity index is 2.16. The number of esters is 1. The SMILES string of the molecule is COC(=O)CCCCCN(C(=O)CNC(=O)[C@@H](C)NC(=O)[C@@H](N)Cc1c(C)cc(O)cc1C)[C@@H](CC1CCCCC1)C(=O)NC(=O)OC(C)(C)C. The number of methoxy groups -OCH3 is 1. The van der Waals surface area contributed by atoms with Gasteiger partial charge in [0, 0.05) is 13.0 Å². The number of nitrogens with zero attached hydrogens (tertiary/aromatic N) is 1. The Labute approximate surface area is 301 Å². The topological polar surface area (TPSA) is 206 Å². The molecule has 1 saturated carbocycles. The van der Waals surface area contributed by atoms with Crippen molar-refractivity contribution >= 4 is 35.7 Å². The number of phenolic OH excluding ortho intramolecular Hbond substituents is 1. The number of nitrogens with one attached hydrogen (secondary N) is 3. The lowest BCUT2D eigenvalue weighted by Crippen LogP contribution is -2.56. The quantitative estimate of drug-likeness (QED) is 0.117. The summed E-state index contributed by atoms with van der Waals surface area (Å²) in [5.41, 5.74) is 7.72. The van der Waals surface area contributed by atoms with Crippen molar-refractivity contribution in [3.8, 4) is 5.75 Å². The highest BCUT2D eigenvalue weighted by Gasteiger charge is 2.34. The Kier molecular flexibility index (Phi) is 17.4. The van der Waals surface area contributed by atoms with Crippen molar-refractivity contribution in [3.63, 3.8) is 0 Å². The first-order chi connectivity index (χ1) is 23.9. The largest absolute Gasteiger partial charge is 0.508 e. The van der Waals surface area contributed by atoms with Crippen LogP contribution in [0.4, 0.5) is 4.79 Å².